The lowest BCUT2D eigenvalue weighted by atomic mass is 9.80. The van der Waals surface area contributed by atoms with Gasteiger partial charge in [-0.25, -0.2) is 0 Å². The third kappa shape index (κ3) is 13.0. The molecule has 0 aliphatic heterocycles. The Morgan fingerprint density at radius 3 is 2.00 bits per heavy atom. The van der Waals surface area contributed by atoms with Gasteiger partial charge in [-0.3, -0.25) is 4.79 Å². The molecule has 7 nitrogen and oxygen atoms in total. The number of nitrogens with one attached hydrogen (secondary N) is 1. The third-order valence-corrected chi connectivity index (χ3v) is 6.11. The molecular weight excluding hydrogens is 466 g/mol. The zero-order valence-electron chi connectivity index (χ0n) is 25.5. The quantitative estimate of drug-likeness (QED) is 0.258. The molecule has 1 aromatic carbocycles. The molecule has 0 heterocycles. The number of carbonyl (C=O) groups excluding carboxylic acids is 1. The van der Waals surface area contributed by atoms with E-state index in [-0.39, 0.29) is 22.3 Å². The first-order valence-corrected chi connectivity index (χ1v) is 13.5. The Hall–Kier alpha value is -1.83. The average molecular weight is 522 g/mol. The van der Waals surface area contributed by atoms with Crippen molar-refractivity contribution in [3.05, 3.63) is 17.7 Å². The summed E-state index contributed by atoms with van der Waals surface area (Å²) in [6.45, 7) is 22.4. The number of ketones is 1. The van der Waals surface area contributed by atoms with E-state index in [0.29, 0.717) is 55.8 Å². The molecule has 0 aliphatic rings. The number of Topliss-reactive ketones (excluding diaryl/α,β-unsaturated/α-hetero) is 1. The van der Waals surface area contributed by atoms with Crippen LogP contribution >= 0.6 is 0 Å². The van der Waals surface area contributed by atoms with Crippen molar-refractivity contribution < 1.29 is 19.0 Å². The van der Waals surface area contributed by atoms with Gasteiger partial charge in [0.1, 0.15) is 5.78 Å². The Morgan fingerprint density at radius 1 is 0.946 bits per heavy atom. The molecule has 37 heavy (non-hydrogen) atoms. The van der Waals surface area contributed by atoms with E-state index in [4.69, 9.17) is 25.7 Å². The molecule has 0 aliphatic carbocycles. The predicted molar refractivity (Wildman–Crippen MR) is 154 cm³/mol. The highest BCUT2D eigenvalue weighted by molar-refractivity contribution is 5.77. The molecule has 1 unspecified atom stereocenters. The molecular formula is C30H55N3O4. The Kier molecular flexibility index (Phi) is 11.9. The maximum absolute atomic E-state index is 12.0. The molecule has 0 spiro atoms. The molecule has 5 N–H and O–H groups in total. The summed E-state index contributed by atoms with van der Waals surface area (Å²) >= 11 is 0. The fraction of sp³-hybridized carbons (Fsp3) is 0.767. The largest absolute Gasteiger partial charge is 0.489 e. The smallest absolute Gasteiger partial charge is 0.203 e. The van der Waals surface area contributed by atoms with Gasteiger partial charge in [-0.1, -0.05) is 34.6 Å². The summed E-state index contributed by atoms with van der Waals surface area (Å²) in [7, 11) is 1.93. The molecule has 0 amide bonds. The molecule has 1 rings (SSSR count). The van der Waals surface area contributed by atoms with Crippen LogP contribution in [-0.4, -0.2) is 50.3 Å². The number of ether oxygens (including phenoxy) is 3. The second-order valence-electron chi connectivity index (χ2n) is 13.7. The molecule has 1 atom stereocenters. The van der Waals surface area contributed by atoms with Crippen LogP contribution in [0.5, 0.6) is 17.2 Å². The number of nitrogens with two attached hydrogens (primary N) is 2. The van der Waals surface area contributed by atoms with Crippen molar-refractivity contribution in [2.75, 3.05) is 33.4 Å². The van der Waals surface area contributed by atoms with Gasteiger partial charge in [0.05, 0.1) is 19.8 Å². The van der Waals surface area contributed by atoms with Crippen LogP contribution in [0.4, 0.5) is 0 Å². The normalized spacial score (nSPS) is 13.9. The van der Waals surface area contributed by atoms with E-state index in [1.165, 1.54) is 0 Å². The van der Waals surface area contributed by atoms with Gasteiger partial charge >= 0.3 is 0 Å². The molecule has 7 heteroatoms. The van der Waals surface area contributed by atoms with E-state index in [0.717, 1.165) is 18.5 Å². The van der Waals surface area contributed by atoms with Gasteiger partial charge in [-0.2, -0.15) is 0 Å². The van der Waals surface area contributed by atoms with Crippen LogP contribution in [0, 0.1) is 11.3 Å². The minimum atomic E-state index is -0.396. The van der Waals surface area contributed by atoms with Crippen LogP contribution in [0.1, 0.15) is 94.1 Å². The van der Waals surface area contributed by atoms with Crippen molar-refractivity contribution in [2.45, 2.75) is 105 Å². The average Bonchev–Trinajstić information content (AvgIpc) is 2.67. The van der Waals surface area contributed by atoms with Gasteiger partial charge in [0.25, 0.3) is 0 Å². The van der Waals surface area contributed by atoms with Gasteiger partial charge < -0.3 is 31.0 Å². The maximum Gasteiger partial charge on any atom is 0.203 e. The summed E-state index contributed by atoms with van der Waals surface area (Å²) in [5.74, 6) is 2.24. The third-order valence-electron chi connectivity index (χ3n) is 6.11. The first kappa shape index (κ1) is 33.2. The highest BCUT2D eigenvalue weighted by Crippen LogP contribution is 2.44. The van der Waals surface area contributed by atoms with Crippen LogP contribution in [0.15, 0.2) is 12.1 Å². The fourth-order valence-electron chi connectivity index (χ4n) is 4.66. The zero-order valence-corrected chi connectivity index (χ0v) is 25.5. The van der Waals surface area contributed by atoms with Crippen molar-refractivity contribution in [1.29, 1.82) is 0 Å². The summed E-state index contributed by atoms with van der Waals surface area (Å²) in [6, 6.07) is 4.00. The van der Waals surface area contributed by atoms with E-state index >= 15 is 0 Å². The molecule has 0 saturated heterocycles. The number of hydrogen-bond donors (Lipinski definition) is 3. The first-order chi connectivity index (χ1) is 16.7. The summed E-state index contributed by atoms with van der Waals surface area (Å²) < 4.78 is 19.2. The Labute approximate surface area is 226 Å². The van der Waals surface area contributed by atoms with E-state index in [2.05, 4.69) is 39.9 Å². The number of rotatable bonds is 17. The maximum atomic E-state index is 12.0. The molecule has 1 aromatic rings. The zero-order chi connectivity index (χ0) is 28.7. The topological polar surface area (TPSA) is 109 Å². The number of hydrogen-bond acceptors (Lipinski definition) is 7. The van der Waals surface area contributed by atoms with Crippen LogP contribution in [0.2, 0.25) is 0 Å². The van der Waals surface area contributed by atoms with Crippen molar-refractivity contribution >= 4 is 5.78 Å². The minimum absolute atomic E-state index is 0.133. The molecule has 0 saturated carbocycles. The van der Waals surface area contributed by atoms with Crippen LogP contribution < -0.4 is 31.0 Å². The minimum Gasteiger partial charge on any atom is -0.489 e. The van der Waals surface area contributed by atoms with Gasteiger partial charge in [0.2, 0.25) is 5.75 Å². The second-order valence-corrected chi connectivity index (χ2v) is 13.7. The lowest BCUT2D eigenvalue weighted by Crippen LogP contribution is -2.39. The summed E-state index contributed by atoms with van der Waals surface area (Å²) in [5.41, 5.74) is 12.3. The van der Waals surface area contributed by atoms with Gasteiger partial charge in [0.15, 0.2) is 11.5 Å². The van der Waals surface area contributed by atoms with Gasteiger partial charge in [-0.05, 0) is 77.6 Å². The highest BCUT2D eigenvalue weighted by atomic mass is 16.5. The van der Waals surface area contributed by atoms with E-state index in [1.807, 2.05) is 46.9 Å². The first-order valence-electron chi connectivity index (χ1n) is 13.5. The summed E-state index contributed by atoms with van der Waals surface area (Å²) in [4.78, 5) is 12.0. The van der Waals surface area contributed by atoms with Crippen molar-refractivity contribution in [3.63, 3.8) is 0 Å². The SMILES string of the molecule is CNCC(C)COc1cc(C(C)(C)CC(C)=O)cc(OCCC(C)(C)N)c1OCC(C)(C)CC(C)(C)N. The van der Waals surface area contributed by atoms with E-state index in [9.17, 15) is 4.79 Å². The lowest BCUT2D eigenvalue weighted by Gasteiger charge is -2.33. The summed E-state index contributed by atoms with van der Waals surface area (Å²) in [6.07, 6.45) is 1.88. The lowest BCUT2D eigenvalue weighted by molar-refractivity contribution is -0.118. The van der Waals surface area contributed by atoms with Crippen molar-refractivity contribution in [3.8, 4) is 17.2 Å². The number of benzene rings is 1. The van der Waals surface area contributed by atoms with E-state index < -0.39 is 5.41 Å². The van der Waals surface area contributed by atoms with Gasteiger partial charge in [0, 0.05) is 35.4 Å². The Morgan fingerprint density at radius 2 is 1.51 bits per heavy atom. The van der Waals surface area contributed by atoms with E-state index in [1.54, 1.807) is 6.92 Å². The van der Waals surface area contributed by atoms with Crippen LogP contribution in [0.3, 0.4) is 0 Å². The Balaban J connectivity index is 3.52. The summed E-state index contributed by atoms with van der Waals surface area (Å²) in [5, 5.41) is 3.20. The fourth-order valence-corrected chi connectivity index (χ4v) is 4.66. The van der Waals surface area contributed by atoms with Crippen molar-refractivity contribution in [2.24, 2.45) is 22.8 Å². The number of carbonyl (C=O) groups is 1. The highest BCUT2D eigenvalue weighted by Gasteiger charge is 2.30. The predicted octanol–water partition coefficient (Wildman–Crippen LogP) is 5.22. The van der Waals surface area contributed by atoms with Crippen LogP contribution in [-0.2, 0) is 10.2 Å². The molecule has 0 fully saturated rings. The second kappa shape index (κ2) is 13.3. The van der Waals surface area contributed by atoms with Gasteiger partial charge in [-0.15, -0.1) is 0 Å². The molecule has 0 bridgehead atoms. The molecule has 0 aromatic heterocycles. The standard InChI is InChI=1S/C30H55N3O4/c1-21(17-33-11)18-36-25-15-23(28(5,6)16-22(2)34)14-24(35-13-12-29(7,8)31)26(25)37-20-27(3,4)19-30(9,10)32/h14-15,21,33H,12-13,16-20,31-32H2,1-11H3. The molecule has 214 valence electrons. The molecule has 0 radical (unpaired) electrons. The monoisotopic (exact) mass is 521 g/mol. The Bertz CT molecular complexity index is 867. The van der Waals surface area contributed by atoms with Crippen molar-refractivity contribution in [1.82, 2.24) is 5.32 Å². The van der Waals surface area contributed by atoms with Crippen LogP contribution in [0.25, 0.3) is 0 Å².